The molecule has 0 aromatic heterocycles. The molecule has 9 nitrogen and oxygen atoms in total. The number of nitrogens with zero attached hydrogens (tertiary/aromatic N) is 2. The van der Waals surface area contributed by atoms with E-state index >= 15 is 0 Å². The van der Waals surface area contributed by atoms with Crippen LogP contribution in [0.5, 0.6) is 5.75 Å². The van der Waals surface area contributed by atoms with E-state index in [2.05, 4.69) is 5.32 Å². The minimum Gasteiger partial charge on any atom is -0.492 e. The number of hydrogen-bond donors (Lipinski definition) is 1. The van der Waals surface area contributed by atoms with Crippen molar-refractivity contribution in [1.82, 2.24) is 13.9 Å². The van der Waals surface area contributed by atoms with Gasteiger partial charge in [0.1, 0.15) is 12.4 Å². The monoisotopic (exact) mass is 459 g/mol. The zero-order valence-corrected chi connectivity index (χ0v) is 18.8. The number of ether oxygens (including phenoxy) is 1. The van der Waals surface area contributed by atoms with Crippen molar-refractivity contribution in [2.75, 3.05) is 45.6 Å². The number of nitrogens with one attached hydrogen (secondary N) is 1. The van der Waals surface area contributed by atoms with Crippen LogP contribution >= 0.6 is 0 Å². The van der Waals surface area contributed by atoms with E-state index in [4.69, 9.17) is 4.74 Å². The molecule has 0 saturated carbocycles. The Balaban J connectivity index is 1.44. The van der Waals surface area contributed by atoms with E-state index in [1.54, 1.807) is 12.1 Å². The van der Waals surface area contributed by atoms with Crippen LogP contribution in [-0.4, -0.2) is 76.9 Å². The minimum atomic E-state index is -3.45. The van der Waals surface area contributed by atoms with Crippen molar-refractivity contribution in [1.29, 1.82) is 0 Å². The highest BCUT2D eigenvalue weighted by Gasteiger charge is 2.30. The van der Waals surface area contributed by atoms with Crippen LogP contribution in [0.3, 0.4) is 0 Å². The number of piperidine rings is 1. The summed E-state index contributed by atoms with van der Waals surface area (Å²) in [7, 11) is -6.74. The Morgan fingerprint density at radius 2 is 1.67 bits per heavy atom. The Morgan fingerprint density at radius 1 is 1.03 bits per heavy atom. The first-order chi connectivity index (χ1) is 14.2. The average Bonchev–Trinajstić information content (AvgIpc) is 3.27. The standard InChI is InChI=1S/C19H29N3O6S2/c1-29(24,25)22-13-4-5-16(15-22)19(23)20-10-14-28-17-6-8-18(9-7-17)30(26,27)21-11-2-3-12-21/h6-9,16H,2-5,10-15H2,1H3,(H,20,23)/t16-/m0/s1. The fourth-order valence-electron chi connectivity index (χ4n) is 3.73. The number of rotatable bonds is 8. The summed E-state index contributed by atoms with van der Waals surface area (Å²) in [6.45, 7) is 2.29. The first-order valence-electron chi connectivity index (χ1n) is 10.1. The number of amides is 1. The van der Waals surface area contributed by atoms with Gasteiger partial charge in [-0.05, 0) is 49.9 Å². The third-order valence-electron chi connectivity index (χ3n) is 5.42. The molecule has 1 aromatic rings. The van der Waals surface area contributed by atoms with Gasteiger partial charge >= 0.3 is 0 Å². The molecule has 2 aliphatic heterocycles. The smallest absolute Gasteiger partial charge is 0.243 e. The predicted molar refractivity (Wildman–Crippen MR) is 112 cm³/mol. The Hall–Kier alpha value is -1.69. The predicted octanol–water partition coefficient (Wildman–Crippen LogP) is 0.638. The molecule has 2 heterocycles. The molecule has 0 unspecified atom stereocenters. The second kappa shape index (κ2) is 9.63. The number of sulfonamides is 2. The molecule has 1 N–H and O–H groups in total. The summed E-state index contributed by atoms with van der Waals surface area (Å²) < 4.78 is 56.8. The van der Waals surface area contributed by atoms with Crippen LogP contribution in [0.1, 0.15) is 25.7 Å². The van der Waals surface area contributed by atoms with E-state index < -0.39 is 20.0 Å². The summed E-state index contributed by atoms with van der Waals surface area (Å²) in [5.74, 6) is -0.0203. The summed E-state index contributed by atoms with van der Waals surface area (Å²) >= 11 is 0. The van der Waals surface area contributed by atoms with Crippen molar-refractivity contribution < 1.29 is 26.4 Å². The molecule has 0 radical (unpaired) electrons. The highest BCUT2D eigenvalue weighted by molar-refractivity contribution is 7.89. The first kappa shape index (κ1) is 23.0. The molecule has 1 amide bonds. The van der Waals surface area contributed by atoms with Crippen molar-refractivity contribution in [3.05, 3.63) is 24.3 Å². The SMILES string of the molecule is CS(=O)(=O)N1CCC[C@H](C(=O)NCCOc2ccc(S(=O)(=O)N3CCCC3)cc2)C1. The number of carbonyl (C=O) groups is 1. The molecule has 2 fully saturated rings. The van der Waals surface area contributed by atoms with Crippen molar-refractivity contribution >= 4 is 26.0 Å². The van der Waals surface area contributed by atoms with Crippen LogP contribution in [0.25, 0.3) is 0 Å². The molecule has 11 heteroatoms. The first-order valence-corrected chi connectivity index (χ1v) is 13.4. The molecule has 1 atom stereocenters. The van der Waals surface area contributed by atoms with E-state index in [1.807, 2.05) is 0 Å². The second-order valence-corrected chi connectivity index (χ2v) is 11.6. The second-order valence-electron chi connectivity index (χ2n) is 7.68. The molecule has 3 rings (SSSR count). The zero-order chi connectivity index (χ0) is 21.8. The van der Waals surface area contributed by atoms with Gasteiger partial charge < -0.3 is 10.1 Å². The van der Waals surface area contributed by atoms with Gasteiger partial charge in [-0.25, -0.2) is 21.1 Å². The van der Waals surface area contributed by atoms with Gasteiger partial charge in [0.2, 0.25) is 26.0 Å². The van der Waals surface area contributed by atoms with Gasteiger partial charge in [0.25, 0.3) is 0 Å². The van der Waals surface area contributed by atoms with Crippen LogP contribution < -0.4 is 10.1 Å². The maximum atomic E-state index is 12.5. The molecule has 2 aliphatic rings. The van der Waals surface area contributed by atoms with E-state index in [1.165, 1.54) is 20.7 Å². The fraction of sp³-hybridized carbons (Fsp3) is 0.632. The summed E-state index contributed by atoms with van der Waals surface area (Å²) in [6.07, 6.45) is 4.25. The number of carbonyl (C=O) groups excluding carboxylic acids is 1. The molecule has 30 heavy (non-hydrogen) atoms. The highest BCUT2D eigenvalue weighted by atomic mass is 32.2. The summed E-state index contributed by atoms with van der Waals surface area (Å²) in [5, 5.41) is 2.78. The third kappa shape index (κ3) is 5.71. The molecule has 0 bridgehead atoms. The topological polar surface area (TPSA) is 113 Å². The molecule has 168 valence electrons. The largest absolute Gasteiger partial charge is 0.492 e. The van der Waals surface area contributed by atoms with Gasteiger partial charge in [0.15, 0.2) is 0 Å². The molecular formula is C19H29N3O6S2. The third-order valence-corrected chi connectivity index (χ3v) is 8.60. The molecule has 1 aromatic carbocycles. The van der Waals surface area contributed by atoms with Crippen LogP contribution in [0.15, 0.2) is 29.2 Å². The molecular weight excluding hydrogens is 430 g/mol. The molecule has 2 saturated heterocycles. The summed E-state index contributed by atoms with van der Waals surface area (Å²) in [5.41, 5.74) is 0. The van der Waals surface area contributed by atoms with Gasteiger partial charge in [0, 0.05) is 26.2 Å². The van der Waals surface area contributed by atoms with Crippen LogP contribution in [0, 0.1) is 5.92 Å². The van der Waals surface area contributed by atoms with Crippen molar-refractivity contribution in [2.45, 2.75) is 30.6 Å². The van der Waals surface area contributed by atoms with E-state index in [9.17, 15) is 21.6 Å². The van der Waals surface area contributed by atoms with Gasteiger partial charge in [0.05, 0.1) is 23.6 Å². The van der Waals surface area contributed by atoms with E-state index in [-0.39, 0.29) is 36.4 Å². The Kier molecular flexibility index (Phi) is 7.38. The molecule has 0 spiro atoms. The van der Waals surface area contributed by atoms with Crippen LogP contribution in [-0.2, 0) is 24.8 Å². The maximum Gasteiger partial charge on any atom is 0.243 e. The van der Waals surface area contributed by atoms with Gasteiger partial charge in [-0.2, -0.15) is 4.31 Å². The van der Waals surface area contributed by atoms with Crippen LogP contribution in [0.2, 0.25) is 0 Å². The van der Waals surface area contributed by atoms with Crippen molar-refractivity contribution in [3.8, 4) is 5.75 Å². The lowest BCUT2D eigenvalue weighted by molar-refractivity contribution is -0.126. The Labute approximate surface area is 178 Å². The molecule has 0 aliphatic carbocycles. The van der Waals surface area contributed by atoms with E-state index in [0.29, 0.717) is 38.2 Å². The maximum absolute atomic E-state index is 12.5. The van der Waals surface area contributed by atoms with E-state index in [0.717, 1.165) is 19.1 Å². The minimum absolute atomic E-state index is 0.181. The van der Waals surface area contributed by atoms with Crippen molar-refractivity contribution in [2.24, 2.45) is 5.92 Å². The lowest BCUT2D eigenvalue weighted by Crippen LogP contribution is -2.45. The Bertz CT molecular complexity index is 941. The lowest BCUT2D eigenvalue weighted by Gasteiger charge is -2.30. The zero-order valence-electron chi connectivity index (χ0n) is 17.1. The van der Waals surface area contributed by atoms with Gasteiger partial charge in [-0.15, -0.1) is 0 Å². The number of hydrogen-bond acceptors (Lipinski definition) is 6. The average molecular weight is 460 g/mol. The van der Waals surface area contributed by atoms with Crippen molar-refractivity contribution in [3.63, 3.8) is 0 Å². The number of benzene rings is 1. The lowest BCUT2D eigenvalue weighted by atomic mass is 9.99. The summed E-state index contributed by atoms with van der Waals surface area (Å²) in [6, 6.07) is 6.28. The fourth-order valence-corrected chi connectivity index (χ4v) is 6.16. The Morgan fingerprint density at radius 3 is 2.30 bits per heavy atom. The summed E-state index contributed by atoms with van der Waals surface area (Å²) in [4.78, 5) is 12.6. The van der Waals surface area contributed by atoms with Gasteiger partial charge in [-0.3, -0.25) is 4.79 Å². The normalized spacial score (nSPS) is 21.4. The quantitative estimate of drug-likeness (QED) is 0.571. The highest BCUT2D eigenvalue weighted by Crippen LogP contribution is 2.23. The van der Waals surface area contributed by atoms with Crippen LogP contribution in [0.4, 0.5) is 0 Å². The van der Waals surface area contributed by atoms with Gasteiger partial charge in [-0.1, -0.05) is 0 Å².